The molecule has 1 aliphatic rings. The van der Waals surface area contributed by atoms with Crippen molar-refractivity contribution in [2.75, 3.05) is 19.6 Å². The first kappa shape index (κ1) is 20.6. The average Bonchev–Trinajstić information content (AvgIpc) is 3.09. The summed E-state index contributed by atoms with van der Waals surface area (Å²) in [6.07, 6.45) is 1.58. The van der Waals surface area contributed by atoms with Crippen LogP contribution in [0.15, 0.2) is 30.3 Å². The number of nitrogens with one attached hydrogen (secondary N) is 2. The molecule has 0 bridgehead atoms. The number of benzene rings is 1. The minimum absolute atomic E-state index is 0.117. The first-order chi connectivity index (χ1) is 14.0. The van der Waals surface area contributed by atoms with Gasteiger partial charge in [0.1, 0.15) is 5.69 Å². The van der Waals surface area contributed by atoms with Crippen molar-refractivity contribution >= 4 is 17.7 Å². The van der Waals surface area contributed by atoms with E-state index in [2.05, 4.69) is 15.7 Å². The van der Waals surface area contributed by atoms with Crippen molar-refractivity contribution in [3.8, 4) is 0 Å². The van der Waals surface area contributed by atoms with Gasteiger partial charge in [0.15, 0.2) is 5.69 Å². The molecule has 0 fully saturated rings. The van der Waals surface area contributed by atoms with E-state index in [1.165, 1.54) is 6.07 Å². The lowest BCUT2D eigenvalue weighted by molar-refractivity contribution is -0.120. The molecule has 0 saturated heterocycles. The van der Waals surface area contributed by atoms with Crippen molar-refractivity contribution < 1.29 is 14.4 Å². The van der Waals surface area contributed by atoms with Gasteiger partial charge in [-0.15, -0.1) is 0 Å². The van der Waals surface area contributed by atoms with Crippen molar-refractivity contribution in [1.29, 1.82) is 0 Å². The standard InChI is InChI=1S/C21H27N5O3/c1-3-9-22-19(27)13-23-20(28)17-12-18-21(29)25(10-6-11-26(18)24-17)14-16-8-5-4-7-15(16)2/h4-5,7-8,12H,3,6,9-11,13-14H2,1-2H3,(H,22,27)(H,23,28). The smallest absolute Gasteiger partial charge is 0.272 e. The SMILES string of the molecule is CCCNC(=O)CNC(=O)c1cc2n(n1)CCCN(Cc1ccccc1C)C2=O. The van der Waals surface area contributed by atoms with Gasteiger partial charge >= 0.3 is 0 Å². The van der Waals surface area contributed by atoms with Crippen LogP contribution >= 0.6 is 0 Å². The fourth-order valence-corrected chi connectivity index (χ4v) is 3.27. The molecule has 2 aromatic rings. The molecule has 0 atom stereocenters. The summed E-state index contributed by atoms with van der Waals surface area (Å²) in [6.45, 7) is 6.16. The molecule has 0 spiro atoms. The van der Waals surface area contributed by atoms with Crippen LogP contribution in [0.3, 0.4) is 0 Å². The summed E-state index contributed by atoms with van der Waals surface area (Å²) >= 11 is 0. The molecule has 1 aromatic carbocycles. The lowest BCUT2D eigenvalue weighted by Crippen LogP contribution is -2.37. The highest BCUT2D eigenvalue weighted by Gasteiger charge is 2.26. The molecule has 2 N–H and O–H groups in total. The molecule has 8 nitrogen and oxygen atoms in total. The summed E-state index contributed by atoms with van der Waals surface area (Å²) in [7, 11) is 0. The summed E-state index contributed by atoms with van der Waals surface area (Å²) < 4.78 is 1.59. The highest BCUT2D eigenvalue weighted by atomic mass is 16.2. The van der Waals surface area contributed by atoms with Gasteiger partial charge in [0.05, 0.1) is 6.54 Å². The number of carbonyl (C=O) groups is 3. The molecule has 8 heteroatoms. The Morgan fingerprint density at radius 2 is 1.97 bits per heavy atom. The van der Waals surface area contributed by atoms with Crippen LogP contribution in [0, 0.1) is 6.92 Å². The first-order valence-corrected chi connectivity index (χ1v) is 9.96. The molecule has 1 aromatic heterocycles. The summed E-state index contributed by atoms with van der Waals surface area (Å²) in [4.78, 5) is 38.9. The number of aryl methyl sites for hydroxylation is 2. The minimum Gasteiger partial charge on any atom is -0.355 e. The van der Waals surface area contributed by atoms with Gasteiger partial charge in [0.25, 0.3) is 11.8 Å². The predicted molar refractivity (Wildman–Crippen MR) is 108 cm³/mol. The Bertz CT molecular complexity index is 905. The molecular weight excluding hydrogens is 370 g/mol. The zero-order valence-electron chi connectivity index (χ0n) is 16.9. The van der Waals surface area contributed by atoms with Crippen molar-refractivity contribution in [2.45, 2.75) is 39.8 Å². The lowest BCUT2D eigenvalue weighted by Gasteiger charge is -2.21. The fourth-order valence-electron chi connectivity index (χ4n) is 3.27. The maximum absolute atomic E-state index is 13.0. The summed E-state index contributed by atoms with van der Waals surface area (Å²) in [5.74, 6) is -0.852. The van der Waals surface area contributed by atoms with Crippen LogP contribution in [0.1, 0.15) is 51.9 Å². The van der Waals surface area contributed by atoms with Crippen LogP contribution in [-0.2, 0) is 17.9 Å². The zero-order chi connectivity index (χ0) is 20.8. The van der Waals surface area contributed by atoms with E-state index in [9.17, 15) is 14.4 Å². The topological polar surface area (TPSA) is 96.3 Å². The van der Waals surface area contributed by atoms with E-state index >= 15 is 0 Å². The zero-order valence-corrected chi connectivity index (χ0v) is 16.9. The van der Waals surface area contributed by atoms with E-state index in [1.54, 1.807) is 9.58 Å². The second kappa shape index (κ2) is 9.36. The van der Waals surface area contributed by atoms with E-state index in [4.69, 9.17) is 0 Å². The van der Waals surface area contributed by atoms with Gasteiger partial charge in [-0.1, -0.05) is 31.2 Å². The normalized spacial score (nSPS) is 13.6. The third-order valence-electron chi connectivity index (χ3n) is 4.92. The Kier molecular flexibility index (Phi) is 6.64. The van der Waals surface area contributed by atoms with Crippen LogP contribution < -0.4 is 10.6 Å². The van der Waals surface area contributed by atoms with Gasteiger partial charge in [0, 0.05) is 32.2 Å². The third-order valence-corrected chi connectivity index (χ3v) is 4.92. The molecule has 1 aliphatic heterocycles. The van der Waals surface area contributed by atoms with Crippen LogP contribution in [-0.4, -0.2) is 52.0 Å². The maximum atomic E-state index is 13.0. The van der Waals surface area contributed by atoms with Gasteiger partial charge in [-0.25, -0.2) is 0 Å². The van der Waals surface area contributed by atoms with E-state index < -0.39 is 5.91 Å². The number of amides is 3. The second-order valence-corrected chi connectivity index (χ2v) is 7.18. The Balaban J connectivity index is 1.69. The van der Waals surface area contributed by atoms with E-state index in [0.717, 1.165) is 24.0 Å². The number of hydrogen-bond acceptors (Lipinski definition) is 4. The number of rotatable bonds is 7. The van der Waals surface area contributed by atoms with Crippen LogP contribution in [0.4, 0.5) is 0 Å². The van der Waals surface area contributed by atoms with Crippen molar-refractivity contribution in [2.24, 2.45) is 0 Å². The molecule has 0 saturated carbocycles. The Labute approximate surface area is 170 Å². The molecular formula is C21H27N5O3. The summed E-state index contributed by atoms with van der Waals surface area (Å²) in [6, 6.07) is 9.51. The monoisotopic (exact) mass is 397 g/mol. The molecule has 0 unspecified atom stereocenters. The van der Waals surface area contributed by atoms with Crippen molar-refractivity contribution in [3.05, 3.63) is 52.8 Å². The van der Waals surface area contributed by atoms with E-state index in [1.807, 2.05) is 38.1 Å². The van der Waals surface area contributed by atoms with Crippen molar-refractivity contribution in [1.82, 2.24) is 25.3 Å². The molecule has 0 radical (unpaired) electrons. The number of carbonyl (C=O) groups excluding carboxylic acids is 3. The van der Waals surface area contributed by atoms with Gasteiger partial charge in [-0.3, -0.25) is 19.1 Å². The maximum Gasteiger partial charge on any atom is 0.272 e. The average molecular weight is 397 g/mol. The molecule has 0 aliphatic carbocycles. The van der Waals surface area contributed by atoms with E-state index in [-0.39, 0.29) is 24.1 Å². The number of hydrogen-bond donors (Lipinski definition) is 2. The number of fused-ring (bicyclic) bond motifs is 1. The number of aromatic nitrogens is 2. The van der Waals surface area contributed by atoms with Crippen LogP contribution in [0.5, 0.6) is 0 Å². The molecule has 29 heavy (non-hydrogen) atoms. The Morgan fingerprint density at radius 1 is 1.17 bits per heavy atom. The van der Waals surface area contributed by atoms with Crippen LogP contribution in [0.25, 0.3) is 0 Å². The van der Waals surface area contributed by atoms with Crippen molar-refractivity contribution in [3.63, 3.8) is 0 Å². The second-order valence-electron chi connectivity index (χ2n) is 7.18. The largest absolute Gasteiger partial charge is 0.355 e. The number of nitrogens with zero attached hydrogens (tertiary/aromatic N) is 3. The highest BCUT2D eigenvalue weighted by Crippen LogP contribution is 2.18. The van der Waals surface area contributed by atoms with Gasteiger partial charge < -0.3 is 15.5 Å². The van der Waals surface area contributed by atoms with Crippen LogP contribution in [0.2, 0.25) is 0 Å². The summed E-state index contributed by atoms with van der Waals surface area (Å²) in [5.41, 5.74) is 2.79. The summed E-state index contributed by atoms with van der Waals surface area (Å²) in [5, 5.41) is 9.54. The van der Waals surface area contributed by atoms with E-state index in [0.29, 0.717) is 31.9 Å². The third kappa shape index (κ3) is 5.01. The Hall–Kier alpha value is -3.16. The molecule has 3 rings (SSSR count). The molecule has 2 heterocycles. The van der Waals surface area contributed by atoms with Gasteiger partial charge in [0.2, 0.25) is 5.91 Å². The lowest BCUT2D eigenvalue weighted by atomic mass is 10.1. The quantitative estimate of drug-likeness (QED) is 0.740. The van der Waals surface area contributed by atoms with Gasteiger partial charge in [-0.05, 0) is 30.9 Å². The molecule has 154 valence electrons. The Morgan fingerprint density at radius 3 is 2.72 bits per heavy atom. The first-order valence-electron chi connectivity index (χ1n) is 9.96. The fraction of sp³-hybridized carbons (Fsp3) is 0.429. The highest BCUT2D eigenvalue weighted by molar-refractivity contribution is 5.99. The molecule has 3 amide bonds. The van der Waals surface area contributed by atoms with Gasteiger partial charge in [-0.2, -0.15) is 5.10 Å². The predicted octanol–water partition coefficient (Wildman–Crippen LogP) is 1.49. The minimum atomic E-state index is -0.463.